The normalized spacial score (nSPS) is 23.4. The SMILES string of the molecule is C#CCN(CCC)C(=O)C1COCC1NCC. The van der Waals surface area contributed by atoms with Gasteiger partial charge in [-0.2, -0.15) is 0 Å². The molecule has 1 amide bonds. The third kappa shape index (κ3) is 3.72. The van der Waals surface area contributed by atoms with Crippen LogP contribution in [0.15, 0.2) is 0 Å². The predicted octanol–water partition coefficient (Wildman–Crippen LogP) is 0.483. The second-order valence-corrected chi connectivity index (χ2v) is 4.27. The first-order valence-corrected chi connectivity index (χ1v) is 6.27. The first-order chi connectivity index (χ1) is 8.24. The first-order valence-electron chi connectivity index (χ1n) is 6.27. The van der Waals surface area contributed by atoms with Crippen molar-refractivity contribution in [2.45, 2.75) is 26.3 Å². The second kappa shape index (κ2) is 7.31. The molecule has 1 aliphatic rings. The molecule has 0 bridgehead atoms. The summed E-state index contributed by atoms with van der Waals surface area (Å²) in [5.41, 5.74) is 0. The fraction of sp³-hybridized carbons (Fsp3) is 0.769. The summed E-state index contributed by atoms with van der Waals surface area (Å²) in [6.07, 6.45) is 6.22. The smallest absolute Gasteiger partial charge is 0.230 e. The number of nitrogens with one attached hydrogen (secondary N) is 1. The summed E-state index contributed by atoms with van der Waals surface area (Å²) in [5, 5.41) is 3.29. The quantitative estimate of drug-likeness (QED) is 0.684. The molecule has 96 valence electrons. The van der Waals surface area contributed by atoms with Gasteiger partial charge in [0.05, 0.1) is 25.7 Å². The molecule has 1 N–H and O–H groups in total. The molecule has 0 aromatic carbocycles. The topological polar surface area (TPSA) is 41.6 Å². The number of terminal acetylenes is 1. The molecule has 17 heavy (non-hydrogen) atoms. The molecular weight excluding hydrogens is 216 g/mol. The van der Waals surface area contributed by atoms with Gasteiger partial charge in [-0.3, -0.25) is 4.79 Å². The van der Waals surface area contributed by atoms with Crippen molar-refractivity contribution in [3.8, 4) is 12.3 Å². The average molecular weight is 238 g/mol. The van der Waals surface area contributed by atoms with E-state index in [2.05, 4.69) is 11.2 Å². The van der Waals surface area contributed by atoms with Crippen LogP contribution in [0, 0.1) is 18.3 Å². The number of amides is 1. The Morgan fingerprint density at radius 1 is 1.53 bits per heavy atom. The van der Waals surface area contributed by atoms with E-state index in [0.29, 0.717) is 19.8 Å². The maximum absolute atomic E-state index is 12.3. The molecule has 0 aliphatic carbocycles. The summed E-state index contributed by atoms with van der Waals surface area (Å²) in [6.45, 7) is 7.15. The van der Waals surface area contributed by atoms with Crippen LogP contribution >= 0.6 is 0 Å². The fourth-order valence-electron chi connectivity index (χ4n) is 2.14. The maximum atomic E-state index is 12.3. The highest BCUT2D eigenvalue weighted by Crippen LogP contribution is 2.17. The molecule has 1 rings (SSSR count). The lowest BCUT2D eigenvalue weighted by Gasteiger charge is -2.25. The predicted molar refractivity (Wildman–Crippen MR) is 67.5 cm³/mol. The van der Waals surface area contributed by atoms with Crippen molar-refractivity contribution in [1.29, 1.82) is 0 Å². The Morgan fingerprint density at radius 3 is 2.88 bits per heavy atom. The van der Waals surface area contributed by atoms with Gasteiger partial charge in [-0.15, -0.1) is 6.42 Å². The molecule has 0 spiro atoms. The van der Waals surface area contributed by atoms with Crippen molar-refractivity contribution in [3.63, 3.8) is 0 Å². The lowest BCUT2D eigenvalue weighted by molar-refractivity contribution is -0.135. The van der Waals surface area contributed by atoms with Gasteiger partial charge in [-0.25, -0.2) is 0 Å². The summed E-state index contributed by atoms with van der Waals surface area (Å²) in [6, 6.07) is 0.129. The molecule has 0 aromatic heterocycles. The summed E-state index contributed by atoms with van der Waals surface area (Å²) in [4.78, 5) is 14.1. The summed E-state index contributed by atoms with van der Waals surface area (Å²) >= 11 is 0. The van der Waals surface area contributed by atoms with Crippen LogP contribution in [0.1, 0.15) is 20.3 Å². The minimum absolute atomic E-state index is 0.0881. The zero-order chi connectivity index (χ0) is 12.7. The molecule has 1 fully saturated rings. The minimum atomic E-state index is -0.0881. The van der Waals surface area contributed by atoms with Gasteiger partial charge in [0.15, 0.2) is 0 Å². The molecule has 4 nitrogen and oxygen atoms in total. The molecule has 2 atom stereocenters. The van der Waals surface area contributed by atoms with E-state index in [0.717, 1.165) is 19.5 Å². The number of nitrogens with zero attached hydrogens (tertiary/aromatic N) is 1. The molecule has 0 aromatic rings. The standard InChI is InChI=1S/C13H22N2O2/c1-4-7-15(8-5-2)13(16)11-9-17-10-12(11)14-6-3/h1,11-12,14H,5-10H2,2-3H3. The fourth-order valence-corrected chi connectivity index (χ4v) is 2.14. The Balaban J connectivity index is 2.62. The summed E-state index contributed by atoms with van der Waals surface area (Å²) in [7, 11) is 0. The van der Waals surface area contributed by atoms with E-state index in [4.69, 9.17) is 11.2 Å². The zero-order valence-electron chi connectivity index (χ0n) is 10.7. The number of likely N-dealkylation sites (N-methyl/N-ethyl adjacent to an activating group) is 1. The monoisotopic (exact) mass is 238 g/mol. The summed E-state index contributed by atoms with van der Waals surface area (Å²) < 4.78 is 5.39. The van der Waals surface area contributed by atoms with Crippen molar-refractivity contribution in [2.75, 3.05) is 32.8 Å². The van der Waals surface area contributed by atoms with E-state index in [1.54, 1.807) is 4.90 Å². The van der Waals surface area contributed by atoms with Crippen molar-refractivity contribution >= 4 is 5.91 Å². The first kappa shape index (κ1) is 14.0. The number of ether oxygens (including phenoxy) is 1. The van der Waals surface area contributed by atoms with Crippen LogP contribution in [0.5, 0.6) is 0 Å². The number of carbonyl (C=O) groups excluding carboxylic acids is 1. The Kier molecular flexibility index (Phi) is 6.03. The minimum Gasteiger partial charge on any atom is -0.379 e. The lowest BCUT2D eigenvalue weighted by atomic mass is 10.0. The number of rotatable bonds is 6. The molecule has 0 saturated carbocycles. The van der Waals surface area contributed by atoms with Crippen LogP contribution in [-0.4, -0.2) is 49.7 Å². The molecule has 1 heterocycles. The van der Waals surface area contributed by atoms with Crippen molar-refractivity contribution in [2.24, 2.45) is 5.92 Å². The van der Waals surface area contributed by atoms with Crippen LogP contribution < -0.4 is 5.32 Å². The highest BCUT2D eigenvalue weighted by Gasteiger charge is 2.35. The zero-order valence-corrected chi connectivity index (χ0v) is 10.7. The van der Waals surface area contributed by atoms with Gasteiger partial charge in [0.2, 0.25) is 5.91 Å². The van der Waals surface area contributed by atoms with Crippen LogP contribution in [0.25, 0.3) is 0 Å². The molecule has 4 heteroatoms. The van der Waals surface area contributed by atoms with E-state index in [9.17, 15) is 4.79 Å². The largest absolute Gasteiger partial charge is 0.379 e. The average Bonchev–Trinajstić information content (AvgIpc) is 2.77. The maximum Gasteiger partial charge on any atom is 0.230 e. The van der Waals surface area contributed by atoms with E-state index in [1.165, 1.54) is 0 Å². The van der Waals surface area contributed by atoms with E-state index >= 15 is 0 Å². The Labute approximate surface area is 104 Å². The summed E-state index contributed by atoms with van der Waals surface area (Å²) in [5.74, 6) is 2.58. The van der Waals surface area contributed by atoms with Crippen LogP contribution in [-0.2, 0) is 9.53 Å². The van der Waals surface area contributed by atoms with Crippen molar-refractivity contribution < 1.29 is 9.53 Å². The van der Waals surface area contributed by atoms with Gasteiger partial charge in [0, 0.05) is 12.6 Å². The Hall–Kier alpha value is -1.05. The molecule has 1 saturated heterocycles. The van der Waals surface area contributed by atoms with E-state index < -0.39 is 0 Å². The molecule has 1 aliphatic heterocycles. The molecule has 0 radical (unpaired) electrons. The number of carbonyl (C=O) groups is 1. The van der Waals surface area contributed by atoms with Gasteiger partial charge in [0.25, 0.3) is 0 Å². The van der Waals surface area contributed by atoms with Gasteiger partial charge in [-0.1, -0.05) is 19.8 Å². The van der Waals surface area contributed by atoms with Crippen molar-refractivity contribution in [3.05, 3.63) is 0 Å². The van der Waals surface area contributed by atoms with Gasteiger partial charge in [0.1, 0.15) is 0 Å². The second-order valence-electron chi connectivity index (χ2n) is 4.27. The van der Waals surface area contributed by atoms with Crippen LogP contribution in [0.3, 0.4) is 0 Å². The number of hydrogen-bond acceptors (Lipinski definition) is 3. The highest BCUT2D eigenvalue weighted by atomic mass is 16.5. The van der Waals surface area contributed by atoms with Gasteiger partial charge < -0.3 is 15.0 Å². The van der Waals surface area contributed by atoms with Crippen LogP contribution in [0.4, 0.5) is 0 Å². The van der Waals surface area contributed by atoms with Gasteiger partial charge >= 0.3 is 0 Å². The third-order valence-electron chi connectivity index (χ3n) is 2.95. The number of hydrogen-bond donors (Lipinski definition) is 1. The van der Waals surface area contributed by atoms with Crippen LogP contribution in [0.2, 0.25) is 0 Å². The lowest BCUT2D eigenvalue weighted by Crippen LogP contribution is -2.46. The third-order valence-corrected chi connectivity index (χ3v) is 2.95. The molecule has 2 unspecified atom stereocenters. The van der Waals surface area contributed by atoms with E-state index in [1.807, 2.05) is 13.8 Å². The highest BCUT2D eigenvalue weighted by molar-refractivity contribution is 5.80. The Bertz CT molecular complexity index is 286. The van der Waals surface area contributed by atoms with Crippen molar-refractivity contribution in [1.82, 2.24) is 10.2 Å². The Morgan fingerprint density at radius 2 is 2.29 bits per heavy atom. The van der Waals surface area contributed by atoms with E-state index in [-0.39, 0.29) is 17.9 Å². The molecular formula is C13H22N2O2. The van der Waals surface area contributed by atoms with Gasteiger partial charge in [-0.05, 0) is 13.0 Å².